The molecule has 0 spiro atoms. The van der Waals surface area contributed by atoms with Gasteiger partial charge in [0.2, 0.25) is 5.91 Å². The number of aromatic nitrogens is 5. The Morgan fingerprint density at radius 2 is 2.39 bits per heavy atom. The molecule has 2 rings (SSSR count). The molecular weight excluding hydrogens is 234 g/mol. The zero-order chi connectivity index (χ0) is 13.0. The van der Waals surface area contributed by atoms with Crippen molar-refractivity contribution in [2.45, 2.75) is 19.6 Å². The molecule has 8 nitrogen and oxygen atoms in total. The summed E-state index contributed by atoms with van der Waals surface area (Å²) in [6.45, 7) is 0.884. The predicted octanol–water partition coefficient (Wildman–Crippen LogP) is -1.21. The van der Waals surface area contributed by atoms with E-state index in [0.29, 0.717) is 18.8 Å². The molecular formula is C10H15N7O. The van der Waals surface area contributed by atoms with E-state index >= 15 is 0 Å². The summed E-state index contributed by atoms with van der Waals surface area (Å²) in [5.41, 5.74) is 7.00. The minimum atomic E-state index is -0.135. The van der Waals surface area contributed by atoms with Gasteiger partial charge in [0, 0.05) is 19.8 Å². The quantitative estimate of drug-likeness (QED) is 0.691. The van der Waals surface area contributed by atoms with Gasteiger partial charge in [-0.3, -0.25) is 9.48 Å². The summed E-state index contributed by atoms with van der Waals surface area (Å²) in [5.74, 6) is -0.135. The predicted molar refractivity (Wildman–Crippen MR) is 63.0 cm³/mol. The third kappa shape index (κ3) is 2.92. The van der Waals surface area contributed by atoms with Crippen molar-refractivity contribution >= 4 is 5.91 Å². The Labute approximate surface area is 104 Å². The smallest absolute Gasteiger partial charge is 0.242 e. The minimum Gasteiger partial charge on any atom is -0.349 e. The molecule has 0 aliphatic carbocycles. The Morgan fingerprint density at radius 3 is 3.00 bits per heavy atom. The van der Waals surface area contributed by atoms with Crippen LogP contribution in [-0.2, 0) is 31.5 Å². The van der Waals surface area contributed by atoms with Crippen LogP contribution in [0.2, 0.25) is 0 Å². The van der Waals surface area contributed by atoms with Gasteiger partial charge in [0.15, 0.2) is 0 Å². The van der Waals surface area contributed by atoms with Crippen LogP contribution in [0.25, 0.3) is 0 Å². The first-order valence-electron chi connectivity index (χ1n) is 5.51. The first kappa shape index (κ1) is 12.2. The lowest BCUT2D eigenvalue weighted by Gasteiger charge is -2.05. The SMILES string of the molecule is Cn1nccc1CNC(=O)Cn1cc(CN)nn1. The molecule has 0 saturated heterocycles. The summed E-state index contributed by atoms with van der Waals surface area (Å²) in [7, 11) is 1.83. The summed E-state index contributed by atoms with van der Waals surface area (Å²) in [5, 5.41) is 14.4. The van der Waals surface area contributed by atoms with Crippen molar-refractivity contribution in [1.29, 1.82) is 0 Å². The van der Waals surface area contributed by atoms with Gasteiger partial charge in [0.05, 0.1) is 24.1 Å². The van der Waals surface area contributed by atoms with Crippen LogP contribution >= 0.6 is 0 Å². The average molecular weight is 249 g/mol. The molecule has 3 N–H and O–H groups in total. The number of hydrogen-bond acceptors (Lipinski definition) is 5. The van der Waals surface area contributed by atoms with E-state index in [1.165, 1.54) is 4.68 Å². The van der Waals surface area contributed by atoms with Crippen molar-refractivity contribution < 1.29 is 4.79 Å². The van der Waals surface area contributed by atoms with Crippen LogP contribution in [0, 0.1) is 0 Å². The highest BCUT2D eigenvalue weighted by molar-refractivity contribution is 5.75. The van der Waals surface area contributed by atoms with Gasteiger partial charge >= 0.3 is 0 Å². The maximum atomic E-state index is 11.7. The van der Waals surface area contributed by atoms with E-state index in [2.05, 4.69) is 20.7 Å². The topological polar surface area (TPSA) is 104 Å². The molecule has 0 radical (unpaired) electrons. The number of nitrogens with two attached hydrogens (primary N) is 1. The molecule has 2 aromatic rings. The summed E-state index contributed by atoms with van der Waals surface area (Å²) in [4.78, 5) is 11.7. The second-order valence-electron chi connectivity index (χ2n) is 3.83. The van der Waals surface area contributed by atoms with Crippen molar-refractivity contribution in [2.75, 3.05) is 0 Å². The van der Waals surface area contributed by atoms with Crippen molar-refractivity contribution in [1.82, 2.24) is 30.1 Å². The highest BCUT2D eigenvalue weighted by atomic mass is 16.2. The molecule has 0 unspecified atom stereocenters. The van der Waals surface area contributed by atoms with Crippen LogP contribution in [0.4, 0.5) is 0 Å². The van der Waals surface area contributed by atoms with Crippen LogP contribution in [0.1, 0.15) is 11.4 Å². The van der Waals surface area contributed by atoms with Gasteiger partial charge in [0.25, 0.3) is 0 Å². The first-order chi connectivity index (χ1) is 8.69. The standard InChI is InChI=1S/C10H15N7O/c1-16-9(2-3-13-16)5-12-10(18)7-17-6-8(4-11)14-15-17/h2-3,6H,4-5,7,11H2,1H3,(H,12,18). The fourth-order valence-electron chi connectivity index (χ4n) is 1.48. The lowest BCUT2D eigenvalue weighted by Crippen LogP contribution is -2.28. The van der Waals surface area contributed by atoms with E-state index in [9.17, 15) is 4.79 Å². The van der Waals surface area contributed by atoms with Crippen LogP contribution in [0.15, 0.2) is 18.5 Å². The van der Waals surface area contributed by atoms with E-state index in [0.717, 1.165) is 5.69 Å². The maximum absolute atomic E-state index is 11.7. The Kier molecular flexibility index (Phi) is 3.68. The number of nitrogens with zero attached hydrogens (tertiary/aromatic N) is 5. The van der Waals surface area contributed by atoms with Gasteiger partial charge in [-0.2, -0.15) is 5.10 Å². The van der Waals surface area contributed by atoms with Gasteiger partial charge in [0.1, 0.15) is 6.54 Å². The number of carbonyl (C=O) groups is 1. The summed E-state index contributed by atoms with van der Waals surface area (Å²) in [6, 6.07) is 1.85. The molecule has 0 aliphatic rings. The maximum Gasteiger partial charge on any atom is 0.242 e. The number of hydrogen-bond donors (Lipinski definition) is 2. The Morgan fingerprint density at radius 1 is 1.56 bits per heavy atom. The molecule has 0 aromatic carbocycles. The molecule has 0 aliphatic heterocycles. The van der Waals surface area contributed by atoms with Crippen LogP contribution in [-0.4, -0.2) is 30.7 Å². The number of aryl methyl sites for hydroxylation is 1. The number of amides is 1. The van der Waals surface area contributed by atoms with E-state index in [4.69, 9.17) is 5.73 Å². The lowest BCUT2D eigenvalue weighted by molar-refractivity contribution is -0.122. The monoisotopic (exact) mass is 249 g/mol. The number of nitrogens with one attached hydrogen (secondary N) is 1. The van der Waals surface area contributed by atoms with Crippen molar-refractivity contribution in [3.8, 4) is 0 Å². The number of carbonyl (C=O) groups excluding carboxylic acids is 1. The summed E-state index contributed by atoms with van der Waals surface area (Å²) >= 11 is 0. The third-order valence-corrected chi connectivity index (χ3v) is 2.49. The fraction of sp³-hybridized carbons (Fsp3) is 0.400. The Hall–Kier alpha value is -2.22. The molecule has 8 heteroatoms. The van der Waals surface area contributed by atoms with Gasteiger partial charge in [-0.05, 0) is 6.07 Å². The molecule has 0 atom stereocenters. The van der Waals surface area contributed by atoms with Crippen molar-refractivity contribution in [3.63, 3.8) is 0 Å². The van der Waals surface area contributed by atoms with Gasteiger partial charge in [-0.15, -0.1) is 5.10 Å². The highest BCUT2D eigenvalue weighted by Crippen LogP contribution is 1.95. The molecule has 18 heavy (non-hydrogen) atoms. The van der Waals surface area contributed by atoms with Crippen molar-refractivity contribution in [3.05, 3.63) is 29.8 Å². The average Bonchev–Trinajstić information content (AvgIpc) is 2.96. The van der Waals surface area contributed by atoms with Crippen LogP contribution < -0.4 is 11.1 Å². The minimum absolute atomic E-state index is 0.130. The Balaban J connectivity index is 1.84. The second kappa shape index (κ2) is 5.41. The molecule has 0 fully saturated rings. The van der Waals surface area contributed by atoms with E-state index in [1.54, 1.807) is 17.1 Å². The first-order valence-corrected chi connectivity index (χ1v) is 5.51. The second-order valence-corrected chi connectivity index (χ2v) is 3.83. The van der Waals surface area contributed by atoms with Crippen molar-refractivity contribution in [2.24, 2.45) is 12.8 Å². The van der Waals surface area contributed by atoms with Crippen LogP contribution in [0.3, 0.4) is 0 Å². The Bertz CT molecular complexity index is 530. The summed E-state index contributed by atoms with van der Waals surface area (Å²) < 4.78 is 3.17. The van der Waals surface area contributed by atoms with Gasteiger partial charge in [-0.1, -0.05) is 5.21 Å². The third-order valence-electron chi connectivity index (χ3n) is 2.49. The number of rotatable bonds is 5. The van der Waals surface area contributed by atoms with E-state index in [1.807, 2.05) is 13.1 Å². The normalized spacial score (nSPS) is 10.6. The van der Waals surface area contributed by atoms with E-state index < -0.39 is 0 Å². The highest BCUT2D eigenvalue weighted by Gasteiger charge is 2.06. The van der Waals surface area contributed by atoms with Gasteiger partial charge in [-0.25, -0.2) is 4.68 Å². The summed E-state index contributed by atoms with van der Waals surface area (Å²) in [6.07, 6.45) is 3.34. The molecule has 96 valence electrons. The fourth-order valence-corrected chi connectivity index (χ4v) is 1.48. The van der Waals surface area contributed by atoms with Crippen LogP contribution in [0.5, 0.6) is 0 Å². The van der Waals surface area contributed by atoms with Gasteiger partial charge < -0.3 is 11.1 Å². The molecule has 2 aromatic heterocycles. The molecule has 0 saturated carbocycles. The molecule has 1 amide bonds. The molecule has 0 bridgehead atoms. The zero-order valence-electron chi connectivity index (χ0n) is 10.1. The van der Waals surface area contributed by atoms with E-state index in [-0.39, 0.29) is 12.5 Å². The zero-order valence-corrected chi connectivity index (χ0v) is 10.1. The largest absolute Gasteiger partial charge is 0.349 e. The lowest BCUT2D eigenvalue weighted by atomic mass is 10.4. The molecule has 2 heterocycles.